The van der Waals surface area contributed by atoms with Gasteiger partial charge in [0.05, 0.1) is 18.4 Å². The van der Waals surface area contributed by atoms with Gasteiger partial charge in [0.25, 0.3) is 5.92 Å². The van der Waals surface area contributed by atoms with Gasteiger partial charge >= 0.3 is 6.18 Å². The number of amidine groups is 1. The van der Waals surface area contributed by atoms with Crippen molar-refractivity contribution in [1.82, 2.24) is 20.6 Å². The number of rotatable bonds is 3. The Balaban J connectivity index is 1.66. The van der Waals surface area contributed by atoms with Crippen LogP contribution < -0.4 is 16.4 Å². The summed E-state index contributed by atoms with van der Waals surface area (Å²) in [5.41, 5.74) is 4.50. The summed E-state index contributed by atoms with van der Waals surface area (Å²) < 4.78 is 91.8. The molecule has 7 nitrogen and oxygen atoms in total. The quantitative estimate of drug-likeness (QED) is 0.628. The predicted octanol–water partition coefficient (Wildman–Crippen LogP) is 2.25. The van der Waals surface area contributed by atoms with Gasteiger partial charge in [-0.2, -0.15) is 13.2 Å². The second kappa shape index (κ2) is 6.49. The molecule has 1 unspecified atom stereocenters. The molecule has 0 amide bonds. The van der Waals surface area contributed by atoms with Crippen LogP contribution in [0.5, 0.6) is 0 Å². The average Bonchev–Trinajstić information content (AvgIpc) is 2.57. The van der Waals surface area contributed by atoms with Gasteiger partial charge in [-0.25, -0.2) is 32.5 Å². The van der Waals surface area contributed by atoms with E-state index < -0.39 is 67.1 Å². The Kier molecular flexibility index (Phi) is 4.49. The lowest BCUT2D eigenvalue weighted by molar-refractivity contribution is -0.141. The number of guanidine groups is 1. The van der Waals surface area contributed by atoms with Crippen LogP contribution in [0.1, 0.15) is 37.1 Å². The minimum absolute atomic E-state index is 0.155. The molecule has 164 valence electrons. The third-order valence-corrected chi connectivity index (χ3v) is 5.11. The molecule has 0 spiro atoms. The number of aliphatic imine (C=N–C) groups is 2. The summed E-state index contributed by atoms with van der Waals surface area (Å²) in [5, 5.41) is 5.18. The highest BCUT2D eigenvalue weighted by atomic mass is 19.4. The zero-order valence-electron chi connectivity index (χ0n) is 15.1. The zero-order valence-corrected chi connectivity index (χ0v) is 15.1. The van der Waals surface area contributed by atoms with Crippen LogP contribution in [0.4, 0.5) is 30.7 Å². The summed E-state index contributed by atoms with van der Waals surface area (Å²) in [7, 11) is 0. The number of nitrogens with two attached hydrogens (primary N) is 1. The molecule has 0 radical (unpaired) electrons. The molecule has 2 aliphatic carbocycles. The van der Waals surface area contributed by atoms with E-state index in [0.717, 1.165) is 6.20 Å². The standard InChI is InChI=1S/C16H16F7N7/c17-13(18)1-7(2-13)16(24)29-11(9-5-25-6-10(27-9)15(21,22)23)28-12(30-16)26-8-3-14(19,20)4-8/h5-8H,1-4,24H2,(H2,26,28,29,30). The van der Waals surface area contributed by atoms with Gasteiger partial charge in [0.1, 0.15) is 5.69 Å². The summed E-state index contributed by atoms with van der Waals surface area (Å²) in [4.78, 5) is 15.1. The Morgan fingerprint density at radius 1 is 1.03 bits per heavy atom. The normalized spacial score (nSPS) is 30.0. The van der Waals surface area contributed by atoms with Crippen LogP contribution in [0.15, 0.2) is 22.4 Å². The van der Waals surface area contributed by atoms with Crippen molar-refractivity contribution in [2.24, 2.45) is 21.6 Å². The van der Waals surface area contributed by atoms with Crippen molar-refractivity contribution in [2.75, 3.05) is 0 Å². The topological polar surface area (TPSA) is 101 Å². The molecule has 1 aliphatic heterocycles. The molecule has 4 N–H and O–H groups in total. The van der Waals surface area contributed by atoms with E-state index in [2.05, 4.69) is 30.6 Å². The van der Waals surface area contributed by atoms with E-state index in [1.54, 1.807) is 0 Å². The maximum Gasteiger partial charge on any atom is 0.434 e. The second-order valence-electron chi connectivity index (χ2n) is 7.68. The SMILES string of the molecule is NC1(C2CC(F)(F)C2)N=C(c2cncc(C(F)(F)F)n2)NC(=NC2CC(F)(F)C2)N1. The summed E-state index contributed by atoms with van der Waals surface area (Å²) in [6, 6.07) is -0.769. The van der Waals surface area contributed by atoms with Gasteiger partial charge in [0, 0.05) is 31.6 Å². The first-order valence-corrected chi connectivity index (χ1v) is 8.92. The molecule has 1 aromatic rings. The van der Waals surface area contributed by atoms with E-state index in [1.165, 1.54) is 0 Å². The Bertz CT molecular complexity index is 897. The molecule has 3 aliphatic rings. The number of alkyl halides is 7. The fraction of sp³-hybridized carbons (Fsp3) is 0.625. The maximum atomic E-state index is 13.4. The van der Waals surface area contributed by atoms with Crippen LogP contribution in [0, 0.1) is 5.92 Å². The highest BCUT2D eigenvalue weighted by Crippen LogP contribution is 2.47. The van der Waals surface area contributed by atoms with E-state index >= 15 is 0 Å². The Morgan fingerprint density at radius 3 is 2.23 bits per heavy atom. The van der Waals surface area contributed by atoms with Gasteiger partial charge in [-0.05, 0) is 0 Å². The third-order valence-electron chi connectivity index (χ3n) is 5.11. The molecular formula is C16H16F7N7. The molecule has 1 aromatic heterocycles. The largest absolute Gasteiger partial charge is 0.434 e. The maximum absolute atomic E-state index is 13.4. The highest BCUT2D eigenvalue weighted by Gasteiger charge is 2.55. The van der Waals surface area contributed by atoms with Gasteiger partial charge in [-0.1, -0.05) is 0 Å². The van der Waals surface area contributed by atoms with Crippen molar-refractivity contribution >= 4 is 11.8 Å². The third kappa shape index (κ3) is 4.04. The number of hydrogen-bond acceptors (Lipinski definition) is 5. The number of halogens is 7. The van der Waals surface area contributed by atoms with Gasteiger partial charge in [0.15, 0.2) is 23.3 Å². The van der Waals surface area contributed by atoms with Crippen LogP contribution in [0.3, 0.4) is 0 Å². The van der Waals surface area contributed by atoms with Crippen molar-refractivity contribution in [3.05, 3.63) is 23.8 Å². The number of hydrogen-bond donors (Lipinski definition) is 3. The summed E-state index contributed by atoms with van der Waals surface area (Å²) >= 11 is 0. The monoisotopic (exact) mass is 439 g/mol. The van der Waals surface area contributed by atoms with Gasteiger partial charge < -0.3 is 10.6 Å². The van der Waals surface area contributed by atoms with E-state index in [9.17, 15) is 30.7 Å². The summed E-state index contributed by atoms with van der Waals surface area (Å²) in [6.07, 6.45) is -5.52. The van der Waals surface area contributed by atoms with Crippen LogP contribution in [0.25, 0.3) is 0 Å². The molecule has 14 heteroatoms. The molecule has 1 atom stereocenters. The van der Waals surface area contributed by atoms with Crippen molar-refractivity contribution in [3.8, 4) is 0 Å². The molecule has 30 heavy (non-hydrogen) atoms. The van der Waals surface area contributed by atoms with Gasteiger partial charge in [-0.15, -0.1) is 0 Å². The summed E-state index contributed by atoms with van der Waals surface area (Å²) in [5.74, 6) is -8.93. The number of aromatic nitrogens is 2. The number of nitrogens with one attached hydrogen (secondary N) is 2. The van der Waals surface area contributed by atoms with Crippen molar-refractivity contribution in [2.45, 2.75) is 55.5 Å². The molecular weight excluding hydrogens is 423 g/mol. The minimum Gasteiger partial charge on any atom is -0.319 e. The Labute approximate surface area is 165 Å². The van der Waals surface area contributed by atoms with E-state index in [4.69, 9.17) is 5.73 Å². The van der Waals surface area contributed by atoms with Crippen LogP contribution in [-0.4, -0.2) is 45.4 Å². The van der Waals surface area contributed by atoms with Crippen molar-refractivity contribution in [1.29, 1.82) is 0 Å². The van der Waals surface area contributed by atoms with E-state index in [1.807, 2.05) is 0 Å². The van der Waals surface area contributed by atoms with Crippen molar-refractivity contribution < 1.29 is 30.7 Å². The fourth-order valence-electron chi connectivity index (χ4n) is 3.45. The summed E-state index contributed by atoms with van der Waals surface area (Å²) in [6.45, 7) is 0. The van der Waals surface area contributed by atoms with E-state index in [0.29, 0.717) is 6.20 Å². The van der Waals surface area contributed by atoms with Crippen LogP contribution in [-0.2, 0) is 6.18 Å². The molecule has 0 aromatic carbocycles. The molecule has 2 heterocycles. The zero-order chi connectivity index (χ0) is 21.9. The fourth-order valence-corrected chi connectivity index (χ4v) is 3.45. The lowest BCUT2D eigenvalue weighted by Gasteiger charge is -2.46. The number of nitrogens with zero attached hydrogens (tertiary/aromatic N) is 4. The average molecular weight is 439 g/mol. The Morgan fingerprint density at radius 2 is 1.67 bits per heavy atom. The first-order chi connectivity index (χ1) is 13.7. The first kappa shape index (κ1) is 20.8. The minimum atomic E-state index is -4.78. The molecule has 0 saturated heterocycles. The lowest BCUT2D eigenvalue weighted by Crippen LogP contribution is -2.70. The molecule has 2 saturated carbocycles. The van der Waals surface area contributed by atoms with Crippen LogP contribution in [0.2, 0.25) is 0 Å². The first-order valence-electron chi connectivity index (χ1n) is 8.92. The van der Waals surface area contributed by atoms with Gasteiger partial charge in [0.2, 0.25) is 5.92 Å². The Hall–Kier alpha value is -2.51. The molecule has 0 bridgehead atoms. The predicted molar refractivity (Wildman–Crippen MR) is 89.8 cm³/mol. The smallest absolute Gasteiger partial charge is 0.319 e. The van der Waals surface area contributed by atoms with Crippen LogP contribution >= 0.6 is 0 Å². The molecule has 4 rings (SSSR count). The molecule has 2 fully saturated rings. The van der Waals surface area contributed by atoms with Gasteiger partial charge in [-0.3, -0.25) is 10.7 Å². The lowest BCUT2D eigenvalue weighted by atomic mass is 9.76. The van der Waals surface area contributed by atoms with Crippen molar-refractivity contribution in [3.63, 3.8) is 0 Å². The highest BCUT2D eigenvalue weighted by molar-refractivity contribution is 6.09. The second-order valence-corrected chi connectivity index (χ2v) is 7.68. The van der Waals surface area contributed by atoms with E-state index in [-0.39, 0.29) is 17.5 Å².